The first-order valence-electron chi connectivity index (χ1n) is 6.62. The summed E-state index contributed by atoms with van der Waals surface area (Å²) in [7, 11) is 0. The van der Waals surface area contributed by atoms with Crippen molar-refractivity contribution in [3.05, 3.63) is 48.0 Å². The molecule has 20 heavy (non-hydrogen) atoms. The van der Waals surface area contributed by atoms with Gasteiger partial charge in [0.1, 0.15) is 17.5 Å². The van der Waals surface area contributed by atoms with Crippen molar-refractivity contribution in [1.82, 2.24) is 10.3 Å². The fraction of sp³-hybridized carbons (Fsp3) is 0.267. The van der Waals surface area contributed by atoms with E-state index < -0.39 is 11.6 Å². The summed E-state index contributed by atoms with van der Waals surface area (Å²) in [4.78, 5) is 6.60. The van der Waals surface area contributed by atoms with E-state index >= 15 is 0 Å². The predicted molar refractivity (Wildman–Crippen MR) is 74.7 cm³/mol. The molecule has 3 rings (SSSR count). The predicted octanol–water partition coefficient (Wildman–Crippen LogP) is 2.44. The van der Waals surface area contributed by atoms with Gasteiger partial charge >= 0.3 is 0 Å². The first kappa shape index (κ1) is 13.0. The molecule has 0 amide bonds. The minimum absolute atomic E-state index is 0.196. The average Bonchev–Trinajstić information content (AvgIpc) is 2.51. The minimum atomic E-state index is -0.462. The highest BCUT2D eigenvalue weighted by Gasteiger charge is 2.14. The average molecular weight is 275 g/mol. The third-order valence-corrected chi connectivity index (χ3v) is 3.38. The maximum atomic E-state index is 13.8. The van der Waals surface area contributed by atoms with Crippen LogP contribution in [0.3, 0.4) is 0 Å². The number of pyridine rings is 1. The van der Waals surface area contributed by atoms with E-state index in [2.05, 4.69) is 15.2 Å². The Morgan fingerprint density at radius 3 is 2.65 bits per heavy atom. The van der Waals surface area contributed by atoms with E-state index in [1.165, 1.54) is 6.07 Å². The zero-order valence-corrected chi connectivity index (χ0v) is 10.9. The lowest BCUT2D eigenvalue weighted by Gasteiger charge is -2.28. The number of hydrogen-bond acceptors (Lipinski definition) is 3. The van der Waals surface area contributed by atoms with Gasteiger partial charge in [0.2, 0.25) is 0 Å². The second-order valence-electron chi connectivity index (χ2n) is 4.74. The molecule has 1 aromatic carbocycles. The number of aromatic nitrogens is 1. The second-order valence-corrected chi connectivity index (χ2v) is 4.74. The molecule has 104 valence electrons. The third kappa shape index (κ3) is 2.63. The third-order valence-electron chi connectivity index (χ3n) is 3.38. The van der Waals surface area contributed by atoms with Crippen LogP contribution in [0.2, 0.25) is 0 Å². The SMILES string of the molecule is Fc1ccc(F)c(-c2cccc(N3CCNCC3)n2)c1. The normalized spacial score (nSPS) is 15.4. The van der Waals surface area contributed by atoms with E-state index in [0.29, 0.717) is 5.69 Å². The lowest BCUT2D eigenvalue weighted by Crippen LogP contribution is -2.43. The van der Waals surface area contributed by atoms with Gasteiger partial charge in [-0.1, -0.05) is 6.07 Å². The molecule has 1 fully saturated rings. The molecule has 3 nitrogen and oxygen atoms in total. The molecule has 1 aromatic heterocycles. The van der Waals surface area contributed by atoms with Gasteiger partial charge in [0.15, 0.2) is 0 Å². The van der Waals surface area contributed by atoms with Crippen LogP contribution in [0.5, 0.6) is 0 Å². The molecule has 2 heterocycles. The smallest absolute Gasteiger partial charge is 0.132 e. The Hall–Kier alpha value is -2.01. The Morgan fingerprint density at radius 1 is 1.05 bits per heavy atom. The molecule has 1 aliphatic heterocycles. The van der Waals surface area contributed by atoms with Crippen molar-refractivity contribution in [2.45, 2.75) is 0 Å². The Labute approximate surface area is 116 Å². The van der Waals surface area contributed by atoms with Crippen LogP contribution in [-0.2, 0) is 0 Å². The second kappa shape index (κ2) is 5.54. The van der Waals surface area contributed by atoms with Crippen LogP contribution >= 0.6 is 0 Å². The molecule has 5 heteroatoms. The number of hydrogen-bond donors (Lipinski definition) is 1. The van der Waals surface area contributed by atoms with Crippen LogP contribution in [-0.4, -0.2) is 31.2 Å². The number of rotatable bonds is 2. The Kier molecular flexibility index (Phi) is 3.60. The van der Waals surface area contributed by atoms with Crippen LogP contribution in [0.4, 0.5) is 14.6 Å². The maximum absolute atomic E-state index is 13.8. The topological polar surface area (TPSA) is 28.2 Å². The van der Waals surface area contributed by atoms with Crippen molar-refractivity contribution in [2.24, 2.45) is 0 Å². The number of nitrogens with one attached hydrogen (secondary N) is 1. The highest BCUT2D eigenvalue weighted by atomic mass is 19.1. The summed E-state index contributed by atoms with van der Waals surface area (Å²) in [5, 5.41) is 3.27. The lowest BCUT2D eigenvalue weighted by atomic mass is 10.1. The van der Waals surface area contributed by atoms with Crippen molar-refractivity contribution < 1.29 is 8.78 Å². The monoisotopic (exact) mass is 275 g/mol. The number of nitrogens with zero attached hydrogens (tertiary/aromatic N) is 2. The van der Waals surface area contributed by atoms with Gasteiger partial charge in [-0.3, -0.25) is 0 Å². The number of halogens is 2. The molecular formula is C15H15F2N3. The van der Waals surface area contributed by atoms with Crippen molar-refractivity contribution >= 4 is 5.82 Å². The van der Waals surface area contributed by atoms with Crippen LogP contribution in [0.1, 0.15) is 0 Å². The first-order chi connectivity index (χ1) is 9.74. The number of piperazine rings is 1. The summed E-state index contributed by atoms with van der Waals surface area (Å²) in [6.45, 7) is 3.53. The standard InChI is InChI=1S/C15H15F2N3/c16-11-4-5-13(17)12(10-11)14-2-1-3-15(19-14)20-8-6-18-7-9-20/h1-5,10,18H,6-9H2. The number of anilines is 1. The Morgan fingerprint density at radius 2 is 1.85 bits per heavy atom. The zero-order chi connectivity index (χ0) is 13.9. The molecule has 1 aliphatic rings. The van der Waals surface area contributed by atoms with Crippen LogP contribution < -0.4 is 10.2 Å². The van der Waals surface area contributed by atoms with E-state index in [9.17, 15) is 8.78 Å². The van der Waals surface area contributed by atoms with Crippen molar-refractivity contribution in [1.29, 1.82) is 0 Å². The van der Waals surface area contributed by atoms with Gasteiger partial charge in [-0.25, -0.2) is 13.8 Å². The zero-order valence-electron chi connectivity index (χ0n) is 10.9. The van der Waals surface area contributed by atoms with Crippen molar-refractivity contribution in [3.8, 4) is 11.3 Å². The summed E-state index contributed by atoms with van der Waals surface area (Å²) in [5.41, 5.74) is 0.653. The lowest BCUT2D eigenvalue weighted by molar-refractivity contribution is 0.585. The van der Waals surface area contributed by atoms with E-state index in [1.54, 1.807) is 6.07 Å². The van der Waals surface area contributed by atoms with Gasteiger partial charge in [-0.05, 0) is 30.3 Å². The molecule has 2 aromatic rings. The summed E-state index contributed by atoms with van der Waals surface area (Å²) < 4.78 is 27.1. The maximum Gasteiger partial charge on any atom is 0.132 e. The van der Waals surface area contributed by atoms with Gasteiger partial charge in [-0.15, -0.1) is 0 Å². The van der Waals surface area contributed by atoms with Gasteiger partial charge < -0.3 is 10.2 Å². The molecule has 1 saturated heterocycles. The largest absolute Gasteiger partial charge is 0.354 e. The van der Waals surface area contributed by atoms with Crippen molar-refractivity contribution in [3.63, 3.8) is 0 Å². The Balaban J connectivity index is 1.96. The Bertz CT molecular complexity index is 610. The van der Waals surface area contributed by atoms with Gasteiger partial charge in [-0.2, -0.15) is 0 Å². The molecule has 0 atom stereocenters. The van der Waals surface area contributed by atoms with E-state index in [-0.39, 0.29) is 5.56 Å². The summed E-state index contributed by atoms with van der Waals surface area (Å²) >= 11 is 0. The minimum Gasteiger partial charge on any atom is -0.354 e. The number of benzene rings is 1. The fourth-order valence-electron chi connectivity index (χ4n) is 2.34. The summed E-state index contributed by atoms with van der Waals surface area (Å²) in [6.07, 6.45) is 0. The van der Waals surface area contributed by atoms with Gasteiger partial charge in [0, 0.05) is 31.7 Å². The van der Waals surface area contributed by atoms with Crippen molar-refractivity contribution in [2.75, 3.05) is 31.1 Å². The summed E-state index contributed by atoms with van der Waals surface area (Å²) in [6, 6.07) is 8.83. The van der Waals surface area contributed by atoms with Gasteiger partial charge in [0.25, 0.3) is 0 Å². The van der Waals surface area contributed by atoms with Crippen LogP contribution in [0.15, 0.2) is 36.4 Å². The molecule has 0 saturated carbocycles. The molecule has 0 aliphatic carbocycles. The molecule has 0 unspecified atom stereocenters. The van der Waals surface area contributed by atoms with E-state index in [4.69, 9.17) is 0 Å². The van der Waals surface area contributed by atoms with E-state index in [1.807, 2.05) is 12.1 Å². The van der Waals surface area contributed by atoms with Crippen LogP contribution in [0, 0.1) is 11.6 Å². The molecule has 0 spiro atoms. The molecule has 1 N–H and O–H groups in total. The first-order valence-corrected chi connectivity index (χ1v) is 6.62. The fourth-order valence-corrected chi connectivity index (χ4v) is 2.34. The molecule has 0 bridgehead atoms. The van der Waals surface area contributed by atoms with Crippen LogP contribution in [0.25, 0.3) is 11.3 Å². The highest BCUT2D eigenvalue weighted by Crippen LogP contribution is 2.24. The summed E-state index contributed by atoms with van der Waals surface area (Å²) in [5.74, 6) is -0.125. The molecular weight excluding hydrogens is 260 g/mol. The quantitative estimate of drug-likeness (QED) is 0.912. The van der Waals surface area contributed by atoms with Gasteiger partial charge in [0.05, 0.1) is 5.69 Å². The van der Waals surface area contributed by atoms with E-state index in [0.717, 1.165) is 44.1 Å². The highest BCUT2D eigenvalue weighted by molar-refractivity contribution is 5.62. The molecule has 0 radical (unpaired) electrons.